The summed E-state index contributed by atoms with van der Waals surface area (Å²) >= 11 is 0. The van der Waals surface area contributed by atoms with E-state index in [9.17, 15) is 19.5 Å². The maximum Gasteiger partial charge on any atom is 0.407 e. The van der Waals surface area contributed by atoms with E-state index in [1.807, 2.05) is 61.6 Å². The van der Waals surface area contributed by atoms with Gasteiger partial charge in [0.25, 0.3) is 5.91 Å². The Morgan fingerprint density at radius 1 is 1.14 bits per heavy atom. The third kappa shape index (κ3) is 7.55. The van der Waals surface area contributed by atoms with Gasteiger partial charge < -0.3 is 29.9 Å². The molecule has 0 radical (unpaired) electrons. The minimum Gasteiger partial charge on any atom is -0.465 e. The molecule has 5 rings (SSSR count). The predicted octanol–water partition coefficient (Wildman–Crippen LogP) is 3.00. The van der Waals surface area contributed by atoms with E-state index in [0.717, 1.165) is 35.7 Å². The average molecular weight is 589 g/mol. The van der Waals surface area contributed by atoms with E-state index >= 15 is 0 Å². The number of hydrogen-bond donors (Lipinski definition) is 4. The van der Waals surface area contributed by atoms with Gasteiger partial charge in [-0.2, -0.15) is 0 Å². The lowest BCUT2D eigenvalue weighted by Crippen LogP contribution is -2.52. The molecule has 2 heterocycles. The molecule has 0 saturated heterocycles. The Kier molecular flexibility index (Phi) is 9.62. The van der Waals surface area contributed by atoms with Gasteiger partial charge in [0.1, 0.15) is 18.3 Å². The monoisotopic (exact) mass is 588 g/mol. The zero-order chi connectivity index (χ0) is 30.2. The summed E-state index contributed by atoms with van der Waals surface area (Å²) in [5, 5.41) is 30.3. The average Bonchev–Trinajstić information content (AvgIpc) is 3.76. The quantitative estimate of drug-likeness (QED) is 0.185. The Hall–Kier alpha value is -4.78. The molecule has 0 unspecified atom stereocenters. The number of carboxylic acid groups (broad SMARTS) is 1. The van der Waals surface area contributed by atoms with Gasteiger partial charge in [-0.15, -0.1) is 5.10 Å². The van der Waals surface area contributed by atoms with Gasteiger partial charge in [0.2, 0.25) is 5.91 Å². The van der Waals surface area contributed by atoms with Crippen LogP contribution in [-0.4, -0.2) is 77.8 Å². The van der Waals surface area contributed by atoms with E-state index in [2.05, 4.69) is 31.3 Å². The van der Waals surface area contributed by atoms with Crippen LogP contribution in [0.5, 0.6) is 0 Å². The molecular formula is C30H36N8O5. The number of nitrogens with one attached hydrogen (secondary N) is 3. The van der Waals surface area contributed by atoms with Crippen molar-refractivity contribution in [3.05, 3.63) is 77.7 Å². The molecule has 3 amide bonds. The summed E-state index contributed by atoms with van der Waals surface area (Å²) in [6.07, 6.45) is 1.74. The largest absolute Gasteiger partial charge is 0.465 e. The molecule has 13 nitrogen and oxygen atoms in total. The fourth-order valence-corrected chi connectivity index (χ4v) is 5.54. The number of aromatic nitrogens is 5. The molecular weight excluding hydrogens is 552 g/mol. The zero-order valence-corrected chi connectivity index (χ0v) is 24.0. The lowest BCUT2D eigenvalue weighted by molar-refractivity contribution is -0.125. The van der Waals surface area contributed by atoms with Crippen LogP contribution >= 0.6 is 0 Å². The number of tetrazole rings is 1. The summed E-state index contributed by atoms with van der Waals surface area (Å²) in [4.78, 5) is 40.4. The summed E-state index contributed by atoms with van der Waals surface area (Å²) in [5.41, 5.74) is 2.20. The molecule has 1 fully saturated rings. The van der Waals surface area contributed by atoms with Gasteiger partial charge in [-0.3, -0.25) is 9.59 Å². The minimum atomic E-state index is -1.04. The van der Waals surface area contributed by atoms with Crippen LogP contribution in [0, 0.1) is 0 Å². The number of aryl methyl sites for hydroxylation is 1. The first-order chi connectivity index (χ1) is 20.9. The molecule has 0 bridgehead atoms. The molecule has 1 saturated carbocycles. The normalized spacial score (nSPS) is 17.0. The third-order valence-electron chi connectivity index (χ3n) is 7.82. The number of benzene rings is 2. The fourth-order valence-electron chi connectivity index (χ4n) is 5.54. The van der Waals surface area contributed by atoms with Gasteiger partial charge in [0.05, 0.1) is 12.1 Å². The first-order valence-electron chi connectivity index (χ1n) is 14.4. The molecule has 0 spiro atoms. The number of rotatable bonds is 13. The molecule has 4 N–H and O–H groups in total. The molecule has 13 heteroatoms. The Bertz CT molecular complexity index is 1520. The minimum absolute atomic E-state index is 0.192. The zero-order valence-electron chi connectivity index (χ0n) is 24.0. The second kappa shape index (κ2) is 13.9. The van der Waals surface area contributed by atoms with Gasteiger partial charge in [-0.05, 0) is 60.2 Å². The van der Waals surface area contributed by atoms with Crippen molar-refractivity contribution < 1.29 is 24.2 Å². The summed E-state index contributed by atoms with van der Waals surface area (Å²) in [6.45, 7) is 0.632. The number of fused-ring (bicyclic) bond motifs is 1. The van der Waals surface area contributed by atoms with Crippen molar-refractivity contribution in [3.63, 3.8) is 0 Å². The van der Waals surface area contributed by atoms with Gasteiger partial charge >= 0.3 is 6.09 Å². The van der Waals surface area contributed by atoms with Crippen LogP contribution in [0.2, 0.25) is 0 Å². The number of carbonyl (C=O) groups is 3. The number of amides is 3. The van der Waals surface area contributed by atoms with E-state index in [0.29, 0.717) is 17.9 Å². The van der Waals surface area contributed by atoms with Crippen molar-refractivity contribution in [2.45, 2.75) is 63.4 Å². The summed E-state index contributed by atoms with van der Waals surface area (Å²) in [6, 6.07) is 17.7. The second-order valence-electron chi connectivity index (χ2n) is 10.7. The summed E-state index contributed by atoms with van der Waals surface area (Å²) in [7, 11) is 1.81. The number of aromatic amines is 1. The molecule has 0 aliphatic heterocycles. The molecule has 1 aliphatic rings. The van der Waals surface area contributed by atoms with Crippen molar-refractivity contribution in [3.8, 4) is 0 Å². The number of ether oxygens (including phenoxy) is 1. The first kappa shape index (κ1) is 29.7. The van der Waals surface area contributed by atoms with Gasteiger partial charge in [0, 0.05) is 31.0 Å². The number of nitrogens with zero attached hydrogens (tertiary/aromatic N) is 5. The van der Waals surface area contributed by atoms with E-state index in [1.54, 1.807) is 10.6 Å². The Labute approximate surface area is 248 Å². The molecule has 4 aromatic rings. The van der Waals surface area contributed by atoms with Crippen LogP contribution in [0.4, 0.5) is 4.79 Å². The van der Waals surface area contributed by atoms with Crippen LogP contribution < -0.4 is 10.6 Å². The van der Waals surface area contributed by atoms with Crippen molar-refractivity contribution in [1.29, 1.82) is 0 Å². The maximum absolute atomic E-state index is 13.6. The lowest BCUT2D eigenvalue weighted by atomic mass is 10.1. The van der Waals surface area contributed by atoms with Crippen molar-refractivity contribution in [2.75, 3.05) is 6.54 Å². The molecule has 2 aromatic carbocycles. The van der Waals surface area contributed by atoms with E-state index < -0.39 is 12.1 Å². The van der Waals surface area contributed by atoms with Crippen molar-refractivity contribution in [2.24, 2.45) is 7.05 Å². The highest BCUT2D eigenvalue weighted by Crippen LogP contribution is 2.24. The topological polar surface area (TPSA) is 167 Å². The predicted molar refractivity (Wildman–Crippen MR) is 157 cm³/mol. The van der Waals surface area contributed by atoms with E-state index in [1.165, 1.54) is 4.90 Å². The summed E-state index contributed by atoms with van der Waals surface area (Å²) in [5.74, 6) is -0.218. The van der Waals surface area contributed by atoms with Crippen LogP contribution in [0.25, 0.3) is 10.9 Å². The van der Waals surface area contributed by atoms with Crippen LogP contribution in [0.15, 0.2) is 60.7 Å². The number of hydrogen-bond acceptors (Lipinski definition) is 7. The number of H-pyrrole nitrogens is 1. The second-order valence-corrected chi connectivity index (χ2v) is 10.7. The molecule has 2 aromatic heterocycles. The third-order valence-corrected chi connectivity index (χ3v) is 7.82. The molecule has 43 heavy (non-hydrogen) atoms. The first-order valence-corrected chi connectivity index (χ1v) is 14.4. The smallest absolute Gasteiger partial charge is 0.407 e. The fraction of sp³-hybridized carbons (Fsp3) is 0.400. The Morgan fingerprint density at radius 2 is 1.93 bits per heavy atom. The highest BCUT2D eigenvalue weighted by Gasteiger charge is 2.32. The standard InChI is InChI=1S/C30H36N8O5/c1-37-24-14-6-5-11-21(24)17-25(37)29(40)32-23(13-8-16-38(30(41)42)18-20-9-3-2-4-10-20)28(39)31-22-12-7-15-26(22)43-19-27-33-35-36-34-27/h2-6,9-11,14,17,22-23,26H,7-8,12-13,15-16,18-19H2,1H3,(H,31,39)(H,32,40)(H,41,42)(H,33,34,35,36)/t22-,23-,26-/m0/s1. The Balaban J connectivity index is 1.26. The number of para-hydroxylation sites is 1. The van der Waals surface area contributed by atoms with Crippen LogP contribution in [-0.2, 0) is 29.7 Å². The highest BCUT2D eigenvalue weighted by atomic mass is 16.5. The van der Waals surface area contributed by atoms with Gasteiger partial charge in [0.15, 0.2) is 5.82 Å². The number of carbonyl (C=O) groups excluding carboxylic acids is 2. The molecule has 226 valence electrons. The van der Waals surface area contributed by atoms with Crippen LogP contribution in [0.1, 0.15) is 54.0 Å². The van der Waals surface area contributed by atoms with Gasteiger partial charge in [-0.1, -0.05) is 48.5 Å². The summed E-state index contributed by atoms with van der Waals surface area (Å²) < 4.78 is 7.78. The highest BCUT2D eigenvalue weighted by molar-refractivity contribution is 6.00. The lowest BCUT2D eigenvalue weighted by Gasteiger charge is -2.26. The molecule has 1 aliphatic carbocycles. The van der Waals surface area contributed by atoms with Crippen molar-refractivity contribution in [1.82, 2.24) is 40.7 Å². The Morgan fingerprint density at radius 3 is 2.67 bits per heavy atom. The van der Waals surface area contributed by atoms with E-state index in [4.69, 9.17) is 4.74 Å². The van der Waals surface area contributed by atoms with E-state index in [-0.39, 0.29) is 50.1 Å². The van der Waals surface area contributed by atoms with Crippen LogP contribution in [0.3, 0.4) is 0 Å². The van der Waals surface area contributed by atoms with Crippen molar-refractivity contribution >= 4 is 28.8 Å². The molecule has 3 atom stereocenters. The SMILES string of the molecule is Cn1c(C(=O)N[C@@H](CCCN(Cc2ccccc2)C(=O)O)C(=O)N[C@H]2CCC[C@@H]2OCc2nnn[nH]2)cc2ccccc21. The maximum atomic E-state index is 13.6. The van der Waals surface area contributed by atoms with Gasteiger partial charge in [-0.25, -0.2) is 9.89 Å².